The fourth-order valence-corrected chi connectivity index (χ4v) is 4.17. The second-order valence-corrected chi connectivity index (χ2v) is 7.04. The number of fused-ring (bicyclic) bond motifs is 1. The molecule has 1 aliphatic carbocycles. The Bertz CT molecular complexity index is 910. The summed E-state index contributed by atoms with van der Waals surface area (Å²) in [6, 6.07) is 10.3. The van der Waals surface area contributed by atoms with Crippen LogP contribution in [0, 0.1) is 34.5 Å². The van der Waals surface area contributed by atoms with Gasteiger partial charge in [-0.15, -0.1) is 0 Å². The first kappa shape index (κ1) is 15.1. The predicted octanol–water partition coefficient (Wildman–Crippen LogP) is 4.20. The number of nitrogens with one attached hydrogen (secondary N) is 1. The maximum absolute atomic E-state index is 9.90. The third-order valence-corrected chi connectivity index (χ3v) is 5.91. The van der Waals surface area contributed by atoms with Gasteiger partial charge in [-0.3, -0.25) is 5.10 Å². The van der Waals surface area contributed by atoms with Crippen LogP contribution < -0.4 is 0 Å². The summed E-state index contributed by atoms with van der Waals surface area (Å²) in [5, 5.41) is 26.3. The van der Waals surface area contributed by atoms with Crippen molar-refractivity contribution in [3.8, 4) is 12.1 Å². The van der Waals surface area contributed by atoms with Gasteiger partial charge >= 0.3 is 0 Å². The van der Waals surface area contributed by atoms with Gasteiger partial charge < -0.3 is 0 Å². The molecule has 1 aliphatic heterocycles. The van der Waals surface area contributed by atoms with Gasteiger partial charge in [-0.05, 0) is 46.3 Å². The molecular weight excluding hydrogens is 366 g/mol. The lowest BCUT2D eigenvalue weighted by Crippen LogP contribution is -2.34. The molecule has 6 heteroatoms. The van der Waals surface area contributed by atoms with Gasteiger partial charge in [0.15, 0.2) is 5.82 Å². The van der Waals surface area contributed by atoms with Gasteiger partial charge in [-0.2, -0.15) is 15.6 Å². The van der Waals surface area contributed by atoms with Crippen molar-refractivity contribution in [2.75, 3.05) is 0 Å². The maximum Gasteiger partial charge on any atom is 0.151 e. The number of hydrogen-bond donors (Lipinski definition) is 1. The number of rotatable bonds is 2. The average molecular weight is 380 g/mol. The number of H-pyrrole nitrogens is 1. The topological polar surface area (TPSA) is 88.6 Å². The molecule has 0 amide bonds. The molecule has 1 fully saturated rings. The largest absolute Gasteiger partial charge is 0.261 e. The average Bonchev–Trinajstić information content (AvgIpc) is 3.00. The van der Waals surface area contributed by atoms with E-state index in [4.69, 9.17) is 4.99 Å². The van der Waals surface area contributed by atoms with Crippen molar-refractivity contribution in [2.45, 2.75) is 25.2 Å². The van der Waals surface area contributed by atoms with Crippen LogP contribution in [0.4, 0.5) is 5.82 Å². The lowest BCUT2D eigenvalue weighted by molar-refractivity contribution is 0.399. The highest BCUT2D eigenvalue weighted by molar-refractivity contribution is 9.10. The smallest absolute Gasteiger partial charge is 0.151 e. The number of nitrogens with zero attached hydrogens (tertiary/aromatic N) is 4. The molecule has 2 heterocycles. The van der Waals surface area contributed by atoms with E-state index >= 15 is 0 Å². The van der Waals surface area contributed by atoms with Crippen molar-refractivity contribution in [1.82, 2.24) is 10.2 Å². The number of aromatic nitrogens is 2. The Balaban J connectivity index is 1.90. The Kier molecular flexibility index (Phi) is 3.70. The normalized spacial score (nSPS) is 22.7. The molecule has 2 aromatic rings. The summed E-state index contributed by atoms with van der Waals surface area (Å²) >= 11 is 3.56. The summed E-state index contributed by atoms with van der Waals surface area (Å²) in [4.78, 5) is 4.72. The van der Waals surface area contributed by atoms with Crippen molar-refractivity contribution < 1.29 is 0 Å². The van der Waals surface area contributed by atoms with Crippen molar-refractivity contribution in [3.63, 3.8) is 0 Å². The molecule has 0 radical (unpaired) electrons. The van der Waals surface area contributed by atoms with Crippen LogP contribution in [0.3, 0.4) is 0 Å². The van der Waals surface area contributed by atoms with Gasteiger partial charge in [0.1, 0.15) is 6.07 Å². The number of hydrogen-bond acceptors (Lipinski definition) is 4. The first-order valence-electron chi connectivity index (χ1n) is 7.94. The van der Waals surface area contributed by atoms with Gasteiger partial charge in [-0.1, -0.05) is 18.6 Å². The fourth-order valence-electron chi connectivity index (χ4n) is 3.57. The van der Waals surface area contributed by atoms with Crippen molar-refractivity contribution in [1.29, 1.82) is 10.5 Å². The molecular formula is C18H14BrN5. The number of nitriles is 2. The molecule has 5 nitrogen and oxygen atoms in total. The van der Waals surface area contributed by atoms with Gasteiger partial charge in [0.05, 0.1) is 23.7 Å². The second-order valence-electron chi connectivity index (χ2n) is 6.24. The molecule has 2 atom stereocenters. The van der Waals surface area contributed by atoms with E-state index in [2.05, 4.69) is 38.3 Å². The third kappa shape index (κ3) is 2.18. The van der Waals surface area contributed by atoms with Gasteiger partial charge in [-0.25, -0.2) is 4.99 Å². The van der Waals surface area contributed by atoms with Crippen LogP contribution in [0.5, 0.6) is 0 Å². The Morgan fingerprint density at radius 3 is 2.71 bits per heavy atom. The summed E-state index contributed by atoms with van der Waals surface area (Å²) in [7, 11) is 0. The van der Waals surface area contributed by atoms with Gasteiger partial charge in [0.2, 0.25) is 0 Å². The molecule has 1 N–H and O–H groups in total. The molecule has 2 aliphatic rings. The van der Waals surface area contributed by atoms with Gasteiger partial charge in [0.25, 0.3) is 0 Å². The lowest BCUT2D eigenvalue weighted by atomic mass is 9.69. The summed E-state index contributed by atoms with van der Waals surface area (Å²) < 4.78 is 0.750. The van der Waals surface area contributed by atoms with E-state index in [1.165, 1.54) is 6.42 Å². The zero-order chi connectivity index (χ0) is 16.7. The SMILES string of the molecule is N#Cc1cccc(C2c3cn[nH]c3N=C(C3CCC3)C2C#N)c1Br. The van der Waals surface area contributed by atoms with E-state index < -0.39 is 0 Å². The van der Waals surface area contributed by atoms with Crippen LogP contribution in [-0.2, 0) is 0 Å². The zero-order valence-corrected chi connectivity index (χ0v) is 14.4. The van der Waals surface area contributed by atoms with E-state index in [1.807, 2.05) is 12.1 Å². The predicted molar refractivity (Wildman–Crippen MR) is 92.8 cm³/mol. The van der Waals surface area contributed by atoms with Crippen LogP contribution >= 0.6 is 15.9 Å². The molecule has 24 heavy (non-hydrogen) atoms. The molecule has 2 unspecified atom stereocenters. The van der Waals surface area contributed by atoms with E-state index in [0.29, 0.717) is 11.5 Å². The quantitative estimate of drug-likeness (QED) is 0.847. The van der Waals surface area contributed by atoms with E-state index in [0.717, 1.165) is 40.0 Å². The second kappa shape index (κ2) is 5.89. The molecule has 118 valence electrons. The summed E-state index contributed by atoms with van der Waals surface area (Å²) in [6.07, 6.45) is 5.12. The van der Waals surface area contributed by atoms with Crippen LogP contribution in [0.25, 0.3) is 0 Å². The first-order valence-corrected chi connectivity index (χ1v) is 8.73. The van der Waals surface area contributed by atoms with Crippen LogP contribution in [0.2, 0.25) is 0 Å². The molecule has 0 saturated heterocycles. The van der Waals surface area contributed by atoms with E-state index in [-0.39, 0.29) is 11.8 Å². The minimum absolute atomic E-state index is 0.167. The molecule has 1 saturated carbocycles. The van der Waals surface area contributed by atoms with Crippen LogP contribution in [0.1, 0.15) is 41.9 Å². The van der Waals surface area contributed by atoms with Crippen molar-refractivity contribution >= 4 is 27.5 Å². The minimum Gasteiger partial charge on any atom is -0.261 e. The Hall–Kier alpha value is -2.44. The molecule has 0 bridgehead atoms. The Labute approximate surface area is 148 Å². The number of benzene rings is 1. The molecule has 4 rings (SSSR count). The Morgan fingerprint density at radius 2 is 2.04 bits per heavy atom. The van der Waals surface area contributed by atoms with E-state index in [1.54, 1.807) is 12.3 Å². The van der Waals surface area contributed by atoms with Gasteiger partial charge in [0, 0.05) is 21.7 Å². The zero-order valence-electron chi connectivity index (χ0n) is 12.8. The summed E-state index contributed by atoms with van der Waals surface area (Å²) in [5.74, 6) is 0.624. The van der Waals surface area contributed by atoms with Crippen LogP contribution in [-0.4, -0.2) is 15.9 Å². The molecule has 0 spiro atoms. The monoisotopic (exact) mass is 379 g/mol. The lowest BCUT2D eigenvalue weighted by Gasteiger charge is -2.35. The Morgan fingerprint density at radius 1 is 1.21 bits per heavy atom. The molecule has 1 aromatic heterocycles. The number of aliphatic imine (C=N–C) groups is 1. The van der Waals surface area contributed by atoms with Crippen molar-refractivity contribution in [2.24, 2.45) is 16.8 Å². The highest BCUT2D eigenvalue weighted by Gasteiger charge is 2.41. The van der Waals surface area contributed by atoms with E-state index in [9.17, 15) is 10.5 Å². The highest BCUT2D eigenvalue weighted by atomic mass is 79.9. The fraction of sp³-hybridized carbons (Fsp3) is 0.333. The minimum atomic E-state index is -0.328. The maximum atomic E-state index is 9.90. The molecule has 1 aromatic carbocycles. The van der Waals surface area contributed by atoms with Crippen LogP contribution in [0.15, 0.2) is 33.9 Å². The highest BCUT2D eigenvalue weighted by Crippen LogP contribution is 2.47. The number of aromatic amines is 1. The number of halogens is 1. The first-order chi connectivity index (χ1) is 11.7. The van der Waals surface area contributed by atoms with Crippen molar-refractivity contribution in [3.05, 3.63) is 45.6 Å². The summed E-state index contributed by atoms with van der Waals surface area (Å²) in [5.41, 5.74) is 3.39. The summed E-state index contributed by atoms with van der Waals surface area (Å²) in [6.45, 7) is 0. The third-order valence-electron chi connectivity index (χ3n) is 5.02. The standard InChI is InChI=1S/C18H14BrN5/c19-16-11(7-20)5-2-6-12(16)15-13(8-21)17(10-3-1-4-10)23-18-14(15)9-22-24-18/h2,5-6,9-10,13,15H,1,3-4H2,(H,22,24).